The minimum absolute atomic E-state index is 0.988. The molecule has 0 saturated carbocycles. The second-order valence-corrected chi connectivity index (χ2v) is 8.11. The molecule has 0 spiro atoms. The van der Waals surface area contributed by atoms with E-state index < -0.39 is 0 Å². The van der Waals surface area contributed by atoms with E-state index in [1.165, 1.54) is 43.6 Å². The summed E-state index contributed by atoms with van der Waals surface area (Å²) in [6, 6.07) is 45.2. The van der Waals surface area contributed by atoms with Gasteiger partial charge in [0.2, 0.25) is 0 Å². The lowest BCUT2D eigenvalue weighted by molar-refractivity contribution is 1.14. The lowest BCUT2D eigenvalue weighted by atomic mass is 10.2. The van der Waals surface area contributed by atoms with Crippen LogP contribution in [0.2, 0.25) is 0 Å². The first kappa shape index (κ1) is 17.2. The summed E-state index contributed by atoms with van der Waals surface area (Å²) in [7, 11) is 0. The first-order chi connectivity index (χ1) is 15.9. The summed E-state index contributed by atoms with van der Waals surface area (Å²) in [6.07, 6.45) is 0. The fourth-order valence-electron chi connectivity index (χ4n) is 5.03. The number of para-hydroxylation sites is 4. The molecule has 2 heteroatoms. The Hall–Kier alpha value is -4.48. The summed E-state index contributed by atoms with van der Waals surface area (Å²) in [6.45, 7) is 0. The van der Waals surface area contributed by atoms with Gasteiger partial charge in [-0.3, -0.25) is 0 Å². The van der Waals surface area contributed by atoms with Crippen LogP contribution in [0.3, 0.4) is 0 Å². The van der Waals surface area contributed by atoms with E-state index in [0.29, 0.717) is 0 Å². The zero-order valence-corrected chi connectivity index (χ0v) is 17.3. The van der Waals surface area contributed by atoms with Crippen LogP contribution in [0.5, 0.6) is 0 Å². The van der Waals surface area contributed by atoms with Gasteiger partial charge in [0.1, 0.15) is 0 Å². The molecule has 2 nitrogen and oxygen atoms in total. The maximum Gasteiger partial charge on any atom is 0.0995 e. The number of benzene rings is 4. The van der Waals surface area contributed by atoms with E-state index in [9.17, 15) is 0 Å². The third kappa shape index (κ3) is 2.31. The Morgan fingerprint density at radius 2 is 0.875 bits per heavy atom. The van der Waals surface area contributed by atoms with Gasteiger partial charge in [-0.1, -0.05) is 78.9 Å². The van der Waals surface area contributed by atoms with Crippen molar-refractivity contribution in [3.05, 3.63) is 121 Å². The third-order valence-electron chi connectivity index (χ3n) is 6.36. The van der Waals surface area contributed by atoms with Gasteiger partial charge in [-0.25, -0.2) is 0 Å². The second kappa shape index (κ2) is 6.51. The Balaban J connectivity index is 1.55. The zero-order valence-electron chi connectivity index (χ0n) is 17.3. The maximum atomic E-state index is 3.38. The molecular formula is C30H18N2. The summed E-state index contributed by atoms with van der Waals surface area (Å²) < 4.78 is 4.62. The molecule has 0 N–H and O–H groups in total. The van der Waals surface area contributed by atoms with Crippen LogP contribution in [-0.2, 0) is 0 Å². The van der Waals surface area contributed by atoms with Crippen molar-refractivity contribution in [3.8, 4) is 11.4 Å². The molecule has 148 valence electrons. The number of rotatable bonds is 2. The van der Waals surface area contributed by atoms with Crippen LogP contribution in [0.25, 0.3) is 55.0 Å². The van der Waals surface area contributed by atoms with Crippen LogP contribution < -0.4 is 0 Å². The van der Waals surface area contributed by atoms with E-state index >= 15 is 0 Å². The molecule has 0 saturated heterocycles. The Morgan fingerprint density at radius 3 is 1.34 bits per heavy atom. The van der Waals surface area contributed by atoms with Crippen LogP contribution in [0.1, 0.15) is 0 Å². The average Bonchev–Trinajstić information content (AvgIpc) is 3.37. The van der Waals surface area contributed by atoms with Crippen molar-refractivity contribution < 1.29 is 0 Å². The molecule has 7 rings (SSSR count). The summed E-state index contributed by atoms with van der Waals surface area (Å²) >= 11 is 0. The van der Waals surface area contributed by atoms with Crippen molar-refractivity contribution in [2.45, 2.75) is 0 Å². The van der Waals surface area contributed by atoms with Crippen LogP contribution in [0, 0.1) is 12.1 Å². The number of hydrogen-bond donors (Lipinski definition) is 0. The van der Waals surface area contributed by atoms with Gasteiger partial charge >= 0.3 is 0 Å². The minimum atomic E-state index is 0.988. The standard InChI is InChI=1S/C30H18N2/c1-5-16-27-23(12-1)24-13-2-6-17-28(24)31(27)21-10-9-11-22(20-21)32-29-18-7-3-14-25(29)26-15-4-8-19-30(26)32/h1-8,10,12-20H. The molecule has 0 bridgehead atoms. The Labute approximate surface area is 185 Å². The molecule has 0 aliphatic rings. The zero-order chi connectivity index (χ0) is 21.1. The largest absolute Gasteiger partial charge is 0.308 e. The molecule has 0 atom stereocenters. The van der Waals surface area contributed by atoms with E-state index in [1.54, 1.807) is 0 Å². The van der Waals surface area contributed by atoms with Gasteiger partial charge in [-0.15, -0.1) is 0 Å². The minimum Gasteiger partial charge on any atom is -0.308 e. The number of hydrogen-bond acceptors (Lipinski definition) is 0. The summed E-state index contributed by atoms with van der Waals surface area (Å²) in [5, 5.41) is 5.02. The fraction of sp³-hybridized carbons (Fsp3) is 0. The highest BCUT2D eigenvalue weighted by Crippen LogP contribution is 2.34. The van der Waals surface area contributed by atoms with Crippen molar-refractivity contribution in [2.75, 3.05) is 0 Å². The number of fused-ring (bicyclic) bond motifs is 6. The third-order valence-corrected chi connectivity index (χ3v) is 6.36. The van der Waals surface area contributed by atoms with Gasteiger partial charge in [0.15, 0.2) is 0 Å². The van der Waals surface area contributed by atoms with Crippen LogP contribution in [-0.4, -0.2) is 9.13 Å². The van der Waals surface area contributed by atoms with Crippen molar-refractivity contribution >= 4 is 43.6 Å². The fourth-order valence-corrected chi connectivity index (χ4v) is 5.03. The molecule has 0 radical (unpaired) electrons. The topological polar surface area (TPSA) is 9.86 Å². The Morgan fingerprint density at radius 1 is 0.469 bits per heavy atom. The normalized spacial score (nSPS) is 11.5. The van der Waals surface area contributed by atoms with Crippen molar-refractivity contribution in [2.24, 2.45) is 0 Å². The van der Waals surface area contributed by atoms with Crippen LogP contribution >= 0.6 is 0 Å². The quantitative estimate of drug-likeness (QED) is 0.282. The Kier molecular flexibility index (Phi) is 3.50. The molecule has 2 heterocycles. The van der Waals surface area contributed by atoms with Gasteiger partial charge in [0, 0.05) is 27.6 Å². The molecule has 7 aromatic rings. The average molecular weight is 406 g/mol. The summed E-state index contributed by atoms with van der Waals surface area (Å²) in [5.41, 5.74) is 6.82. The molecular weight excluding hydrogens is 388 g/mol. The highest BCUT2D eigenvalue weighted by atomic mass is 15.0. The summed E-state index contributed by atoms with van der Waals surface area (Å²) in [4.78, 5) is 0. The molecule has 0 aliphatic heterocycles. The van der Waals surface area contributed by atoms with Crippen molar-refractivity contribution in [1.82, 2.24) is 9.13 Å². The molecule has 0 unspecified atom stereocenters. The van der Waals surface area contributed by atoms with Gasteiger partial charge in [-0.2, -0.15) is 0 Å². The highest BCUT2D eigenvalue weighted by molar-refractivity contribution is 6.10. The number of nitrogens with zero attached hydrogens (tertiary/aromatic N) is 2. The van der Waals surface area contributed by atoms with Crippen molar-refractivity contribution in [1.29, 1.82) is 0 Å². The van der Waals surface area contributed by atoms with Gasteiger partial charge in [0.05, 0.1) is 33.4 Å². The van der Waals surface area contributed by atoms with E-state index in [-0.39, 0.29) is 0 Å². The van der Waals surface area contributed by atoms with Gasteiger partial charge < -0.3 is 9.13 Å². The molecule has 2 aromatic heterocycles. The number of aromatic nitrogens is 2. The summed E-state index contributed by atoms with van der Waals surface area (Å²) in [5.74, 6) is 0. The molecule has 32 heavy (non-hydrogen) atoms. The van der Waals surface area contributed by atoms with E-state index in [1.807, 2.05) is 6.07 Å². The first-order valence-corrected chi connectivity index (χ1v) is 10.8. The molecule has 0 amide bonds. The highest BCUT2D eigenvalue weighted by Gasteiger charge is 2.14. The molecule has 5 aromatic carbocycles. The lowest BCUT2D eigenvalue weighted by Crippen LogP contribution is -1.97. The predicted octanol–water partition coefficient (Wildman–Crippen LogP) is 7.48. The van der Waals surface area contributed by atoms with Gasteiger partial charge in [0.25, 0.3) is 0 Å². The monoisotopic (exact) mass is 406 g/mol. The van der Waals surface area contributed by atoms with E-state index in [4.69, 9.17) is 0 Å². The van der Waals surface area contributed by atoms with Gasteiger partial charge in [-0.05, 0) is 36.4 Å². The molecule has 0 fully saturated rings. The molecule has 0 aliphatic carbocycles. The van der Waals surface area contributed by atoms with E-state index in [0.717, 1.165) is 11.4 Å². The smallest absolute Gasteiger partial charge is 0.0995 e. The van der Waals surface area contributed by atoms with Crippen LogP contribution in [0.15, 0.2) is 109 Å². The maximum absolute atomic E-state index is 3.38. The predicted molar refractivity (Wildman–Crippen MR) is 133 cm³/mol. The van der Waals surface area contributed by atoms with E-state index in [2.05, 4.69) is 124 Å². The van der Waals surface area contributed by atoms with Crippen molar-refractivity contribution in [3.63, 3.8) is 0 Å². The SMILES string of the molecule is c1cc(-n2c3ccccc3c3ccccc32)cc(-n2c3ccccc3c3ccccc32)c#1. The van der Waals surface area contributed by atoms with Crippen LogP contribution in [0.4, 0.5) is 0 Å². The second-order valence-electron chi connectivity index (χ2n) is 8.11. The first-order valence-electron chi connectivity index (χ1n) is 10.8. The lowest BCUT2D eigenvalue weighted by Gasteiger charge is -2.10. The Bertz CT molecular complexity index is 1550.